The van der Waals surface area contributed by atoms with Gasteiger partial charge in [-0.05, 0) is 56.7 Å². The maximum absolute atomic E-state index is 12.9. The van der Waals surface area contributed by atoms with Gasteiger partial charge in [-0.25, -0.2) is 9.98 Å². The van der Waals surface area contributed by atoms with Crippen LogP contribution in [0.3, 0.4) is 0 Å². The number of nitrogens with one attached hydrogen (secondary N) is 1. The van der Waals surface area contributed by atoms with Gasteiger partial charge in [0.05, 0.1) is 11.4 Å². The highest BCUT2D eigenvalue weighted by atomic mass is 16.1. The second-order valence-electron chi connectivity index (χ2n) is 7.20. The average Bonchev–Trinajstić information content (AvgIpc) is 2.82. The van der Waals surface area contributed by atoms with E-state index in [0.717, 1.165) is 28.1 Å². The van der Waals surface area contributed by atoms with Crippen LogP contribution in [0.1, 0.15) is 16.7 Å². The third-order valence-electron chi connectivity index (χ3n) is 4.64. The molecule has 0 fully saturated rings. The van der Waals surface area contributed by atoms with Crippen LogP contribution in [0.5, 0.6) is 0 Å². The van der Waals surface area contributed by atoms with Gasteiger partial charge < -0.3 is 5.32 Å². The Morgan fingerprint density at radius 3 is 2.14 bits per heavy atom. The number of pyridine rings is 1. The van der Waals surface area contributed by atoms with E-state index in [0.29, 0.717) is 16.8 Å². The summed E-state index contributed by atoms with van der Waals surface area (Å²) in [7, 11) is 0. The SMILES string of the molecule is Cc1ccc(N=c2nc3ccc(C)cn3c(=O)cc2Nc2ccc(C)cc2)cc1. The summed E-state index contributed by atoms with van der Waals surface area (Å²) in [5.74, 6) is 0. The fourth-order valence-electron chi connectivity index (χ4n) is 3.00. The zero-order chi connectivity index (χ0) is 20.4. The standard InChI is InChI=1S/C24H22N4O/c1-16-4-9-19(10-5-16)25-21-14-23(29)28-15-18(3)8-13-22(28)27-24(21)26-20-11-6-17(2)7-12-20/h4-15,25H,1-3H3. The lowest BCUT2D eigenvalue weighted by molar-refractivity contribution is 1.05. The van der Waals surface area contributed by atoms with Crippen LogP contribution >= 0.6 is 0 Å². The van der Waals surface area contributed by atoms with Gasteiger partial charge in [-0.15, -0.1) is 0 Å². The molecule has 5 heteroatoms. The first kappa shape index (κ1) is 18.6. The summed E-state index contributed by atoms with van der Waals surface area (Å²) in [6.45, 7) is 6.01. The lowest BCUT2D eigenvalue weighted by Crippen LogP contribution is -2.11. The van der Waals surface area contributed by atoms with E-state index >= 15 is 0 Å². The molecule has 144 valence electrons. The Labute approximate surface area is 169 Å². The summed E-state index contributed by atoms with van der Waals surface area (Å²) in [5.41, 5.74) is 6.34. The smallest absolute Gasteiger partial charge is 0.258 e. The van der Waals surface area contributed by atoms with Crippen LogP contribution in [0.25, 0.3) is 5.65 Å². The zero-order valence-corrected chi connectivity index (χ0v) is 16.7. The molecule has 0 saturated heterocycles. The number of aryl methyl sites for hydroxylation is 3. The molecule has 0 radical (unpaired) electrons. The number of fused-ring (bicyclic) bond motifs is 1. The lowest BCUT2D eigenvalue weighted by atomic mass is 10.2. The predicted molar refractivity (Wildman–Crippen MR) is 117 cm³/mol. The summed E-state index contributed by atoms with van der Waals surface area (Å²) in [4.78, 5) is 22.3. The maximum atomic E-state index is 12.9. The van der Waals surface area contributed by atoms with Gasteiger partial charge in [0.1, 0.15) is 5.65 Å². The Morgan fingerprint density at radius 2 is 1.45 bits per heavy atom. The van der Waals surface area contributed by atoms with Crippen LogP contribution < -0.4 is 16.4 Å². The van der Waals surface area contributed by atoms with Crippen molar-refractivity contribution in [1.82, 2.24) is 9.38 Å². The molecule has 0 atom stereocenters. The predicted octanol–water partition coefficient (Wildman–Crippen LogP) is 4.60. The van der Waals surface area contributed by atoms with E-state index in [4.69, 9.17) is 9.98 Å². The van der Waals surface area contributed by atoms with Gasteiger partial charge in [-0.2, -0.15) is 0 Å². The first-order valence-electron chi connectivity index (χ1n) is 9.47. The molecule has 0 aliphatic heterocycles. The molecule has 0 aliphatic rings. The Morgan fingerprint density at radius 1 is 0.828 bits per heavy atom. The minimum atomic E-state index is -0.170. The van der Waals surface area contributed by atoms with Crippen molar-refractivity contribution in [2.45, 2.75) is 20.8 Å². The van der Waals surface area contributed by atoms with Gasteiger partial charge in [-0.1, -0.05) is 41.5 Å². The molecule has 2 aromatic heterocycles. The number of hydrogen-bond donors (Lipinski definition) is 1. The zero-order valence-electron chi connectivity index (χ0n) is 16.7. The minimum absolute atomic E-state index is 0.170. The molecule has 0 amide bonds. The summed E-state index contributed by atoms with van der Waals surface area (Å²) in [5, 5.41) is 3.31. The Balaban J connectivity index is 1.98. The largest absolute Gasteiger partial charge is 0.352 e. The molecule has 5 nitrogen and oxygen atoms in total. The second-order valence-corrected chi connectivity index (χ2v) is 7.20. The number of hydrogen-bond acceptors (Lipinski definition) is 4. The summed E-state index contributed by atoms with van der Waals surface area (Å²) >= 11 is 0. The highest BCUT2D eigenvalue weighted by Gasteiger charge is 2.05. The van der Waals surface area contributed by atoms with Gasteiger partial charge in [0, 0.05) is 18.0 Å². The third kappa shape index (κ3) is 4.24. The molecule has 0 saturated carbocycles. The van der Waals surface area contributed by atoms with Crippen LogP contribution in [0, 0.1) is 20.8 Å². The normalized spacial score (nSPS) is 11.6. The van der Waals surface area contributed by atoms with E-state index in [9.17, 15) is 4.79 Å². The van der Waals surface area contributed by atoms with Crippen molar-refractivity contribution in [3.8, 4) is 0 Å². The molecule has 0 spiro atoms. The van der Waals surface area contributed by atoms with Crippen LogP contribution in [-0.2, 0) is 0 Å². The average molecular weight is 382 g/mol. The van der Waals surface area contributed by atoms with Crippen molar-refractivity contribution in [2.24, 2.45) is 4.99 Å². The highest BCUT2D eigenvalue weighted by Crippen LogP contribution is 2.15. The van der Waals surface area contributed by atoms with Crippen LogP contribution in [-0.4, -0.2) is 9.38 Å². The molecule has 4 rings (SSSR count). The van der Waals surface area contributed by atoms with Gasteiger partial charge in [0.25, 0.3) is 5.56 Å². The van der Waals surface area contributed by atoms with Gasteiger partial charge in [-0.3, -0.25) is 9.20 Å². The highest BCUT2D eigenvalue weighted by molar-refractivity contribution is 5.59. The monoisotopic (exact) mass is 382 g/mol. The van der Waals surface area contributed by atoms with Crippen molar-refractivity contribution >= 4 is 22.7 Å². The van der Waals surface area contributed by atoms with E-state index in [-0.39, 0.29) is 5.56 Å². The van der Waals surface area contributed by atoms with Crippen LogP contribution in [0.15, 0.2) is 82.7 Å². The summed E-state index contributed by atoms with van der Waals surface area (Å²) < 4.78 is 1.55. The maximum Gasteiger partial charge on any atom is 0.258 e. The second kappa shape index (κ2) is 7.72. The number of aromatic nitrogens is 2. The molecule has 2 heterocycles. The Hall–Kier alpha value is -3.73. The molecule has 1 N–H and O–H groups in total. The summed E-state index contributed by atoms with van der Waals surface area (Å²) in [6, 6.07) is 21.2. The molecule has 4 aromatic rings. The van der Waals surface area contributed by atoms with Gasteiger partial charge in [0.15, 0.2) is 5.49 Å². The third-order valence-corrected chi connectivity index (χ3v) is 4.64. The molecular weight excluding hydrogens is 360 g/mol. The number of benzene rings is 2. The number of rotatable bonds is 3. The van der Waals surface area contributed by atoms with E-state index in [1.165, 1.54) is 0 Å². The van der Waals surface area contributed by atoms with Gasteiger partial charge >= 0.3 is 0 Å². The summed E-state index contributed by atoms with van der Waals surface area (Å²) in [6.07, 6.45) is 1.79. The van der Waals surface area contributed by atoms with E-state index in [2.05, 4.69) is 5.32 Å². The molecule has 0 bridgehead atoms. The fraction of sp³-hybridized carbons (Fsp3) is 0.125. The van der Waals surface area contributed by atoms with Crippen molar-refractivity contribution in [2.75, 3.05) is 5.32 Å². The lowest BCUT2D eigenvalue weighted by Gasteiger charge is -2.05. The quantitative estimate of drug-likeness (QED) is 0.563. The first-order chi connectivity index (χ1) is 14.0. The van der Waals surface area contributed by atoms with Crippen molar-refractivity contribution in [3.05, 3.63) is 105 Å². The van der Waals surface area contributed by atoms with Gasteiger partial charge in [0.2, 0.25) is 0 Å². The van der Waals surface area contributed by atoms with Crippen molar-refractivity contribution in [1.29, 1.82) is 0 Å². The molecular formula is C24H22N4O. The molecule has 2 aromatic carbocycles. The van der Waals surface area contributed by atoms with Crippen molar-refractivity contribution < 1.29 is 0 Å². The molecule has 29 heavy (non-hydrogen) atoms. The van der Waals surface area contributed by atoms with Crippen LogP contribution in [0.2, 0.25) is 0 Å². The Bertz CT molecular complexity index is 1300. The van der Waals surface area contributed by atoms with Crippen molar-refractivity contribution in [3.63, 3.8) is 0 Å². The fourth-order valence-corrected chi connectivity index (χ4v) is 3.00. The number of anilines is 2. The Kier molecular flexibility index (Phi) is 4.96. The minimum Gasteiger partial charge on any atom is -0.352 e. The first-order valence-corrected chi connectivity index (χ1v) is 9.47. The van der Waals surface area contributed by atoms with E-state index in [1.54, 1.807) is 16.7 Å². The topological polar surface area (TPSA) is 58.8 Å². The van der Waals surface area contributed by atoms with E-state index < -0.39 is 0 Å². The molecule has 0 aliphatic carbocycles. The molecule has 0 unspecified atom stereocenters. The van der Waals surface area contributed by atoms with Crippen LogP contribution in [0.4, 0.5) is 17.1 Å². The van der Waals surface area contributed by atoms with E-state index in [1.807, 2.05) is 81.4 Å². The number of nitrogens with zero attached hydrogens (tertiary/aromatic N) is 3.